The van der Waals surface area contributed by atoms with Crippen molar-refractivity contribution >= 4 is 17.3 Å². The van der Waals surface area contributed by atoms with Gasteiger partial charge in [0.25, 0.3) is 0 Å². The van der Waals surface area contributed by atoms with Crippen LogP contribution in [0.15, 0.2) is 18.6 Å². The van der Waals surface area contributed by atoms with Gasteiger partial charge in [0.1, 0.15) is 5.01 Å². The van der Waals surface area contributed by atoms with E-state index in [9.17, 15) is 0 Å². The Morgan fingerprint density at radius 1 is 1.33 bits per heavy atom. The molecule has 0 bridgehead atoms. The van der Waals surface area contributed by atoms with Crippen molar-refractivity contribution in [2.75, 3.05) is 5.32 Å². The quantitative estimate of drug-likeness (QED) is 0.900. The lowest BCUT2D eigenvalue weighted by molar-refractivity contribution is 0.634. The minimum absolute atomic E-state index is 0.221. The summed E-state index contributed by atoms with van der Waals surface area (Å²) in [5.74, 6) is 0.908. The monoisotopic (exact) mass is 264 g/mol. The molecule has 0 saturated heterocycles. The first-order valence-corrected chi connectivity index (χ1v) is 7.17. The molecule has 0 radical (unpaired) electrons. The fourth-order valence-corrected chi connectivity index (χ4v) is 2.70. The second-order valence-electron chi connectivity index (χ2n) is 4.65. The summed E-state index contributed by atoms with van der Waals surface area (Å²) >= 11 is 1.78. The predicted octanol–water partition coefficient (Wildman–Crippen LogP) is 3.33. The molecule has 18 heavy (non-hydrogen) atoms. The molecule has 0 spiro atoms. The molecule has 0 aliphatic carbocycles. The summed E-state index contributed by atoms with van der Waals surface area (Å²) in [7, 11) is 0. The van der Waals surface area contributed by atoms with E-state index in [1.165, 1.54) is 4.88 Å². The van der Waals surface area contributed by atoms with Crippen molar-refractivity contribution in [3.05, 3.63) is 28.5 Å². The number of nitrogens with one attached hydrogen (secondary N) is 1. The molecule has 0 fully saturated rings. The molecule has 0 aliphatic heterocycles. The van der Waals surface area contributed by atoms with E-state index >= 15 is 0 Å². The van der Waals surface area contributed by atoms with E-state index in [-0.39, 0.29) is 6.04 Å². The zero-order valence-corrected chi connectivity index (χ0v) is 12.2. The van der Waals surface area contributed by atoms with Crippen LogP contribution in [0.2, 0.25) is 0 Å². The van der Waals surface area contributed by atoms with Crippen LogP contribution in [0.4, 0.5) is 5.95 Å². The van der Waals surface area contributed by atoms with Crippen molar-refractivity contribution in [2.24, 2.45) is 0 Å². The minimum atomic E-state index is 0.221. The second-order valence-corrected chi connectivity index (χ2v) is 5.80. The first-order valence-electron chi connectivity index (χ1n) is 6.35. The standard InChI is InChI=1S/C13H20N4S/c1-5-11-8-15-12(18-11)10(4)17-7-6-14-13(17)16-9(2)3/h6-10H,5H2,1-4H3,(H,14,16). The van der Waals surface area contributed by atoms with Crippen LogP contribution in [0.25, 0.3) is 0 Å². The topological polar surface area (TPSA) is 42.7 Å². The van der Waals surface area contributed by atoms with E-state index in [4.69, 9.17) is 0 Å². The van der Waals surface area contributed by atoms with Crippen LogP contribution >= 0.6 is 11.3 Å². The highest BCUT2D eigenvalue weighted by Gasteiger charge is 2.15. The normalized spacial score (nSPS) is 12.9. The largest absolute Gasteiger partial charge is 0.353 e. The third-order valence-corrected chi connectivity index (χ3v) is 4.09. The Labute approximate surface area is 112 Å². The smallest absolute Gasteiger partial charge is 0.203 e. The Balaban J connectivity index is 2.22. The SMILES string of the molecule is CCc1cnc(C(C)n2ccnc2NC(C)C)s1. The van der Waals surface area contributed by atoms with Crippen molar-refractivity contribution in [3.63, 3.8) is 0 Å². The number of anilines is 1. The number of aryl methyl sites for hydroxylation is 1. The fraction of sp³-hybridized carbons (Fsp3) is 0.538. The Kier molecular flexibility index (Phi) is 4.01. The van der Waals surface area contributed by atoms with Crippen molar-refractivity contribution < 1.29 is 0 Å². The average molecular weight is 264 g/mol. The second kappa shape index (κ2) is 5.52. The average Bonchev–Trinajstić information content (AvgIpc) is 2.95. The summed E-state index contributed by atoms with van der Waals surface area (Å²) in [6.45, 7) is 8.54. The summed E-state index contributed by atoms with van der Waals surface area (Å²) in [4.78, 5) is 10.2. The highest BCUT2D eigenvalue weighted by molar-refractivity contribution is 7.11. The van der Waals surface area contributed by atoms with Gasteiger partial charge in [-0.25, -0.2) is 9.97 Å². The van der Waals surface area contributed by atoms with Gasteiger partial charge in [-0.05, 0) is 27.2 Å². The van der Waals surface area contributed by atoms with Crippen molar-refractivity contribution in [1.29, 1.82) is 0 Å². The highest BCUT2D eigenvalue weighted by Crippen LogP contribution is 2.26. The molecular weight excluding hydrogens is 244 g/mol. The highest BCUT2D eigenvalue weighted by atomic mass is 32.1. The van der Waals surface area contributed by atoms with Gasteiger partial charge in [0, 0.05) is 29.5 Å². The lowest BCUT2D eigenvalue weighted by atomic mass is 10.3. The molecule has 98 valence electrons. The van der Waals surface area contributed by atoms with Gasteiger partial charge in [0.15, 0.2) is 0 Å². The third kappa shape index (κ3) is 2.72. The third-order valence-electron chi connectivity index (χ3n) is 2.78. The van der Waals surface area contributed by atoms with Crippen LogP contribution in [-0.2, 0) is 6.42 Å². The van der Waals surface area contributed by atoms with Crippen molar-refractivity contribution in [3.8, 4) is 0 Å². The van der Waals surface area contributed by atoms with Gasteiger partial charge >= 0.3 is 0 Å². The Morgan fingerprint density at radius 2 is 2.11 bits per heavy atom. The molecular formula is C13H20N4S. The zero-order valence-electron chi connectivity index (χ0n) is 11.3. The maximum atomic E-state index is 4.51. The van der Waals surface area contributed by atoms with E-state index < -0.39 is 0 Å². The van der Waals surface area contributed by atoms with Crippen LogP contribution < -0.4 is 5.32 Å². The van der Waals surface area contributed by atoms with Gasteiger partial charge in [0.05, 0.1) is 6.04 Å². The van der Waals surface area contributed by atoms with Gasteiger partial charge in [-0.1, -0.05) is 6.92 Å². The molecule has 0 saturated carbocycles. The minimum Gasteiger partial charge on any atom is -0.353 e. The van der Waals surface area contributed by atoms with Crippen LogP contribution in [-0.4, -0.2) is 20.6 Å². The maximum Gasteiger partial charge on any atom is 0.203 e. The Morgan fingerprint density at radius 3 is 2.72 bits per heavy atom. The van der Waals surface area contributed by atoms with Crippen LogP contribution in [0.3, 0.4) is 0 Å². The fourth-order valence-electron chi connectivity index (χ4n) is 1.79. The summed E-state index contributed by atoms with van der Waals surface area (Å²) in [5.41, 5.74) is 0. The maximum absolute atomic E-state index is 4.51. The van der Waals surface area contributed by atoms with Crippen LogP contribution in [0.1, 0.15) is 43.6 Å². The molecule has 1 N–H and O–H groups in total. The molecule has 0 aliphatic rings. The van der Waals surface area contributed by atoms with Gasteiger partial charge in [0.2, 0.25) is 5.95 Å². The number of thiazole rings is 1. The first-order chi connectivity index (χ1) is 8.61. The predicted molar refractivity (Wildman–Crippen MR) is 76.3 cm³/mol. The Hall–Kier alpha value is -1.36. The van der Waals surface area contributed by atoms with E-state index in [0.29, 0.717) is 6.04 Å². The zero-order chi connectivity index (χ0) is 13.1. The van der Waals surface area contributed by atoms with E-state index in [2.05, 4.69) is 47.5 Å². The number of hydrogen-bond acceptors (Lipinski definition) is 4. The lowest BCUT2D eigenvalue weighted by Gasteiger charge is -2.16. The summed E-state index contributed by atoms with van der Waals surface area (Å²) in [6, 6.07) is 0.597. The molecule has 5 heteroatoms. The van der Waals surface area contributed by atoms with Gasteiger partial charge in [-0.3, -0.25) is 0 Å². The number of hydrogen-bond donors (Lipinski definition) is 1. The molecule has 0 amide bonds. The molecule has 2 heterocycles. The molecule has 2 aromatic heterocycles. The summed E-state index contributed by atoms with van der Waals surface area (Å²) < 4.78 is 2.14. The molecule has 1 atom stereocenters. The van der Waals surface area contributed by atoms with Gasteiger partial charge < -0.3 is 9.88 Å². The summed E-state index contributed by atoms with van der Waals surface area (Å²) in [5, 5.41) is 4.49. The lowest BCUT2D eigenvalue weighted by Crippen LogP contribution is -2.16. The van der Waals surface area contributed by atoms with Crippen molar-refractivity contribution in [2.45, 2.75) is 46.2 Å². The number of imidazole rings is 1. The van der Waals surface area contributed by atoms with E-state index in [1.807, 2.05) is 18.6 Å². The van der Waals surface area contributed by atoms with E-state index in [0.717, 1.165) is 17.4 Å². The van der Waals surface area contributed by atoms with Crippen molar-refractivity contribution in [1.82, 2.24) is 14.5 Å². The molecule has 1 unspecified atom stereocenters. The molecule has 4 nitrogen and oxygen atoms in total. The van der Waals surface area contributed by atoms with Crippen LogP contribution in [0, 0.1) is 0 Å². The van der Waals surface area contributed by atoms with Gasteiger partial charge in [-0.2, -0.15) is 0 Å². The molecule has 2 aromatic rings. The first kappa shape index (κ1) is 13.1. The molecule has 2 rings (SSSR count). The van der Waals surface area contributed by atoms with E-state index in [1.54, 1.807) is 11.3 Å². The summed E-state index contributed by atoms with van der Waals surface area (Å²) in [6.07, 6.45) is 6.85. The van der Waals surface area contributed by atoms with Crippen LogP contribution in [0.5, 0.6) is 0 Å². The number of aromatic nitrogens is 3. The molecule has 0 aromatic carbocycles. The number of nitrogens with zero attached hydrogens (tertiary/aromatic N) is 3. The Bertz CT molecular complexity index is 501. The van der Waals surface area contributed by atoms with Gasteiger partial charge in [-0.15, -0.1) is 11.3 Å². The number of rotatable bonds is 5.